The van der Waals surface area contributed by atoms with E-state index in [4.69, 9.17) is 9.47 Å². The van der Waals surface area contributed by atoms with Gasteiger partial charge in [-0.1, -0.05) is 12.1 Å². The van der Waals surface area contributed by atoms with Gasteiger partial charge in [0.15, 0.2) is 18.1 Å². The maximum atomic E-state index is 13.6. The van der Waals surface area contributed by atoms with Crippen LogP contribution in [0, 0.1) is 5.82 Å². The molecule has 5 nitrogen and oxygen atoms in total. The van der Waals surface area contributed by atoms with Gasteiger partial charge in [0.05, 0.1) is 7.11 Å². The van der Waals surface area contributed by atoms with Crippen molar-refractivity contribution in [3.63, 3.8) is 0 Å². The van der Waals surface area contributed by atoms with Gasteiger partial charge in [-0.05, 0) is 48.7 Å². The monoisotopic (exact) mass is 368 g/mol. The summed E-state index contributed by atoms with van der Waals surface area (Å²) in [4.78, 5) is 15.4. The van der Waals surface area contributed by atoms with Gasteiger partial charge in [-0.15, -0.1) is 0 Å². The number of H-pyrrole nitrogens is 1. The number of carbonyl (C=O) groups is 1. The predicted molar refractivity (Wildman–Crippen MR) is 101 cm³/mol. The molecule has 2 aromatic carbocycles. The smallest absolute Gasteiger partial charge is 0.257 e. The summed E-state index contributed by atoms with van der Waals surface area (Å²) in [5, 5.41) is 3.83. The highest BCUT2D eigenvalue weighted by molar-refractivity contribution is 5.85. The van der Waals surface area contributed by atoms with Crippen LogP contribution < -0.4 is 14.8 Å². The Hall–Kier alpha value is -3.02. The molecule has 0 saturated heterocycles. The highest BCUT2D eigenvalue weighted by Crippen LogP contribution is 2.50. The molecule has 0 atom stereocenters. The number of carbonyl (C=O) groups excluding carboxylic acids is 1. The van der Waals surface area contributed by atoms with Gasteiger partial charge in [0.25, 0.3) is 5.91 Å². The molecule has 27 heavy (non-hydrogen) atoms. The maximum absolute atomic E-state index is 13.6. The Labute approximate surface area is 156 Å². The van der Waals surface area contributed by atoms with Crippen LogP contribution in [0.15, 0.2) is 48.7 Å². The van der Waals surface area contributed by atoms with Crippen molar-refractivity contribution in [2.75, 3.05) is 20.3 Å². The van der Waals surface area contributed by atoms with Crippen LogP contribution in [0.4, 0.5) is 4.39 Å². The van der Waals surface area contributed by atoms with Crippen LogP contribution in [0.1, 0.15) is 18.4 Å². The molecule has 1 aliphatic rings. The van der Waals surface area contributed by atoms with Crippen LogP contribution in [-0.2, 0) is 10.2 Å². The molecule has 1 amide bonds. The third kappa shape index (κ3) is 3.47. The van der Waals surface area contributed by atoms with Crippen LogP contribution in [0.2, 0.25) is 0 Å². The topological polar surface area (TPSA) is 63.4 Å². The molecule has 6 heteroatoms. The van der Waals surface area contributed by atoms with Crippen LogP contribution in [-0.4, -0.2) is 31.2 Å². The second-order valence-electron chi connectivity index (χ2n) is 6.89. The third-order valence-electron chi connectivity index (χ3n) is 5.12. The van der Waals surface area contributed by atoms with E-state index in [-0.39, 0.29) is 23.7 Å². The van der Waals surface area contributed by atoms with Crippen molar-refractivity contribution >= 4 is 16.8 Å². The zero-order valence-corrected chi connectivity index (χ0v) is 15.0. The van der Waals surface area contributed by atoms with Gasteiger partial charge in [0, 0.05) is 29.1 Å². The first-order valence-corrected chi connectivity index (χ1v) is 8.91. The molecular formula is C21H21FN2O3. The van der Waals surface area contributed by atoms with Gasteiger partial charge in [-0.3, -0.25) is 4.79 Å². The minimum atomic E-state index is -0.256. The lowest BCUT2D eigenvalue weighted by Gasteiger charge is -2.16. The average molecular weight is 368 g/mol. The van der Waals surface area contributed by atoms with Crippen molar-refractivity contribution in [2.24, 2.45) is 0 Å². The lowest BCUT2D eigenvalue weighted by Crippen LogP contribution is -2.35. The van der Waals surface area contributed by atoms with E-state index in [0.717, 1.165) is 29.3 Å². The molecule has 0 unspecified atom stereocenters. The molecule has 1 aromatic heterocycles. The van der Waals surface area contributed by atoms with Crippen molar-refractivity contribution in [3.05, 3.63) is 60.0 Å². The number of rotatable bonds is 7. The Morgan fingerprint density at radius 2 is 2.00 bits per heavy atom. The number of amides is 1. The average Bonchev–Trinajstić information content (AvgIpc) is 3.36. The van der Waals surface area contributed by atoms with Gasteiger partial charge in [0.2, 0.25) is 0 Å². The molecule has 1 heterocycles. The summed E-state index contributed by atoms with van der Waals surface area (Å²) in [6, 6.07) is 11.9. The Kier molecular flexibility index (Phi) is 4.48. The maximum Gasteiger partial charge on any atom is 0.257 e. The molecule has 1 fully saturated rings. The summed E-state index contributed by atoms with van der Waals surface area (Å²) >= 11 is 0. The summed E-state index contributed by atoms with van der Waals surface area (Å²) in [5.74, 6) is 0.666. The van der Waals surface area contributed by atoms with Crippen LogP contribution in [0.25, 0.3) is 10.9 Å². The number of nitrogens with one attached hydrogen (secondary N) is 2. The van der Waals surface area contributed by atoms with Crippen LogP contribution in [0.3, 0.4) is 0 Å². The molecule has 4 rings (SSSR count). The Morgan fingerprint density at radius 3 is 2.74 bits per heavy atom. The predicted octanol–water partition coefficient (Wildman–Crippen LogP) is 3.54. The highest BCUT2D eigenvalue weighted by atomic mass is 19.1. The van der Waals surface area contributed by atoms with E-state index in [2.05, 4.69) is 10.3 Å². The van der Waals surface area contributed by atoms with Crippen LogP contribution >= 0.6 is 0 Å². The number of methoxy groups -OCH3 is 1. The first-order chi connectivity index (χ1) is 13.1. The van der Waals surface area contributed by atoms with E-state index in [1.165, 1.54) is 6.07 Å². The standard InChI is InChI=1S/C21H21FN2O3/c1-26-18-4-2-3-5-19(18)27-12-20(25)24-13-21(8-9-21)16-11-23-17-7-6-14(22)10-15(16)17/h2-7,10-11,23H,8-9,12-13H2,1H3,(H,24,25). The number of halogens is 1. The van der Waals surface area contributed by atoms with Gasteiger partial charge < -0.3 is 19.8 Å². The zero-order chi connectivity index (χ0) is 18.9. The summed E-state index contributed by atoms with van der Waals surface area (Å²) in [5.41, 5.74) is 1.83. The minimum Gasteiger partial charge on any atom is -0.493 e. The van der Waals surface area contributed by atoms with Gasteiger partial charge >= 0.3 is 0 Å². The number of para-hydroxylation sites is 2. The molecular weight excluding hydrogens is 347 g/mol. The molecule has 0 spiro atoms. The second-order valence-corrected chi connectivity index (χ2v) is 6.89. The van der Waals surface area contributed by atoms with Crippen molar-refractivity contribution in [2.45, 2.75) is 18.3 Å². The molecule has 1 aliphatic carbocycles. The number of fused-ring (bicyclic) bond motifs is 1. The third-order valence-corrected chi connectivity index (χ3v) is 5.12. The molecule has 0 radical (unpaired) electrons. The van der Waals surface area contributed by atoms with E-state index < -0.39 is 0 Å². The molecule has 1 saturated carbocycles. The van der Waals surface area contributed by atoms with E-state index in [9.17, 15) is 9.18 Å². The van der Waals surface area contributed by atoms with Crippen LogP contribution in [0.5, 0.6) is 11.5 Å². The van der Waals surface area contributed by atoms with Crippen molar-refractivity contribution in [1.82, 2.24) is 10.3 Å². The summed E-state index contributed by atoms with van der Waals surface area (Å²) in [6.07, 6.45) is 3.85. The quantitative estimate of drug-likeness (QED) is 0.670. The number of aromatic amines is 1. The fourth-order valence-corrected chi connectivity index (χ4v) is 3.42. The lowest BCUT2D eigenvalue weighted by atomic mass is 9.95. The second kappa shape index (κ2) is 6.95. The normalized spacial score (nSPS) is 14.7. The highest BCUT2D eigenvalue weighted by Gasteiger charge is 2.45. The minimum absolute atomic E-state index is 0.0844. The van der Waals surface area contributed by atoms with E-state index in [1.807, 2.05) is 18.3 Å². The molecule has 3 aromatic rings. The van der Waals surface area contributed by atoms with Crippen molar-refractivity contribution in [1.29, 1.82) is 0 Å². The number of hydrogen-bond donors (Lipinski definition) is 2. The fraction of sp³-hybridized carbons (Fsp3) is 0.286. The first-order valence-electron chi connectivity index (χ1n) is 8.91. The van der Waals surface area contributed by atoms with Gasteiger partial charge in [-0.2, -0.15) is 0 Å². The number of benzene rings is 2. The molecule has 0 aliphatic heterocycles. The lowest BCUT2D eigenvalue weighted by molar-refractivity contribution is -0.123. The summed E-state index contributed by atoms with van der Waals surface area (Å²) < 4.78 is 24.4. The Bertz CT molecular complexity index is 978. The molecule has 2 N–H and O–H groups in total. The first kappa shape index (κ1) is 17.4. The van der Waals surface area contributed by atoms with Crippen molar-refractivity contribution < 1.29 is 18.7 Å². The Balaban J connectivity index is 1.39. The summed E-state index contributed by atoms with van der Waals surface area (Å²) in [7, 11) is 1.56. The van der Waals surface area contributed by atoms with Gasteiger partial charge in [0.1, 0.15) is 5.82 Å². The molecule has 0 bridgehead atoms. The van der Waals surface area contributed by atoms with Gasteiger partial charge in [-0.25, -0.2) is 4.39 Å². The van der Waals surface area contributed by atoms with E-state index >= 15 is 0 Å². The number of hydrogen-bond acceptors (Lipinski definition) is 3. The summed E-state index contributed by atoms with van der Waals surface area (Å²) in [6.45, 7) is 0.420. The number of ether oxygens (including phenoxy) is 2. The largest absolute Gasteiger partial charge is 0.493 e. The SMILES string of the molecule is COc1ccccc1OCC(=O)NCC1(c2c[nH]c3ccc(F)cc23)CC1. The van der Waals surface area contributed by atoms with Crippen molar-refractivity contribution in [3.8, 4) is 11.5 Å². The Morgan fingerprint density at radius 1 is 1.22 bits per heavy atom. The fourth-order valence-electron chi connectivity index (χ4n) is 3.42. The molecule has 140 valence electrons. The zero-order valence-electron chi connectivity index (χ0n) is 15.0. The number of aromatic nitrogens is 1. The van der Waals surface area contributed by atoms with E-state index in [0.29, 0.717) is 18.0 Å². The van der Waals surface area contributed by atoms with E-state index in [1.54, 1.807) is 31.4 Å².